The molecule has 2 heterocycles. The monoisotopic (exact) mass is 256 g/mol. The maximum Gasteiger partial charge on any atom is 0.301 e. The highest BCUT2D eigenvalue weighted by atomic mass is 16.4. The van der Waals surface area contributed by atoms with Gasteiger partial charge in [0.2, 0.25) is 0 Å². The summed E-state index contributed by atoms with van der Waals surface area (Å²) in [5, 5.41) is 2.53. The van der Waals surface area contributed by atoms with Crippen molar-refractivity contribution in [1.29, 1.82) is 0 Å². The van der Waals surface area contributed by atoms with E-state index in [1.807, 2.05) is 0 Å². The summed E-state index contributed by atoms with van der Waals surface area (Å²) in [7, 11) is 0. The number of oxazole rings is 1. The Labute approximate surface area is 110 Å². The smallest absolute Gasteiger partial charge is 0.301 e. The Kier molecular flexibility index (Phi) is 3.90. The zero-order chi connectivity index (χ0) is 13.7. The zero-order valence-corrected chi connectivity index (χ0v) is 10.3. The van der Waals surface area contributed by atoms with E-state index in [0.29, 0.717) is 16.8 Å². The molecule has 2 rings (SSSR count). The van der Waals surface area contributed by atoms with Gasteiger partial charge in [0.15, 0.2) is 0 Å². The molecule has 96 valence electrons. The number of amides is 1. The number of nitrogens with zero attached hydrogens (tertiary/aromatic N) is 2. The molecule has 19 heavy (non-hydrogen) atoms. The third-order valence-corrected chi connectivity index (χ3v) is 2.17. The Hall–Kier alpha value is -2.65. The molecule has 0 bridgehead atoms. The van der Waals surface area contributed by atoms with Gasteiger partial charge in [-0.3, -0.25) is 15.1 Å². The van der Waals surface area contributed by atoms with Gasteiger partial charge in [-0.25, -0.2) is 0 Å². The Balaban J connectivity index is 2.15. The molecule has 0 aromatic carbocycles. The molecule has 0 saturated heterocycles. The van der Waals surface area contributed by atoms with Crippen molar-refractivity contribution in [3.05, 3.63) is 41.5 Å². The average Bonchev–Trinajstić information content (AvgIpc) is 2.82. The van der Waals surface area contributed by atoms with Crippen LogP contribution in [0.3, 0.4) is 0 Å². The molecule has 0 atom stereocenters. The predicted octanol–water partition coefficient (Wildman–Crippen LogP) is 0.941. The van der Waals surface area contributed by atoms with Gasteiger partial charge in [-0.2, -0.15) is 4.98 Å². The summed E-state index contributed by atoms with van der Waals surface area (Å²) >= 11 is 0. The van der Waals surface area contributed by atoms with Crippen molar-refractivity contribution < 1.29 is 9.21 Å². The van der Waals surface area contributed by atoms with E-state index in [-0.39, 0.29) is 18.5 Å². The van der Waals surface area contributed by atoms with Crippen molar-refractivity contribution in [2.75, 3.05) is 11.9 Å². The summed E-state index contributed by atoms with van der Waals surface area (Å²) in [6.45, 7) is 2.02. The highest BCUT2D eigenvalue weighted by Gasteiger charge is 2.10. The van der Waals surface area contributed by atoms with Crippen LogP contribution in [0.2, 0.25) is 0 Å². The van der Waals surface area contributed by atoms with Crippen molar-refractivity contribution in [3.8, 4) is 11.8 Å². The number of rotatable bonds is 2. The van der Waals surface area contributed by atoms with Gasteiger partial charge in [0, 0.05) is 18.0 Å². The van der Waals surface area contributed by atoms with Crippen LogP contribution < -0.4 is 11.1 Å². The van der Waals surface area contributed by atoms with E-state index in [1.165, 1.54) is 12.5 Å². The molecule has 0 unspecified atom stereocenters. The van der Waals surface area contributed by atoms with Crippen molar-refractivity contribution >= 4 is 11.9 Å². The molecule has 0 radical (unpaired) electrons. The maximum absolute atomic E-state index is 11.9. The first-order chi connectivity index (χ1) is 9.19. The minimum absolute atomic E-state index is 0.154. The van der Waals surface area contributed by atoms with Crippen molar-refractivity contribution in [2.45, 2.75) is 6.92 Å². The molecule has 0 aliphatic carbocycles. The van der Waals surface area contributed by atoms with Crippen LogP contribution in [-0.4, -0.2) is 22.4 Å². The number of nitrogens with two attached hydrogens (primary N) is 1. The van der Waals surface area contributed by atoms with Crippen molar-refractivity contribution in [2.24, 2.45) is 5.73 Å². The summed E-state index contributed by atoms with van der Waals surface area (Å²) in [5.74, 6) is 5.15. The Bertz CT molecular complexity index is 652. The third kappa shape index (κ3) is 3.40. The second-order valence-electron chi connectivity index (χ2n) is 3.72. The van der Waals surface area contributed by atoms with Crippen molar-refractivity contribution in [3.63, 3.8) is 0 Å². The van der Waals surface area contributed by atoms with Crippen LogP contribution in [0.5, 0.6) is 0 Å². The number of carbonyl (C=O) groups is 1. The van der Waals surface area contributed by atoms with Gasteiger partial charge in [0.25, 0.3) is 5.91 Å². The van der Waals surface area contributed by atoms with Gasteiger partial charge in [0.1, 0.15) is 6.26 Å². The van der Waals surface area contributed by atoms with E-state index in [4.69, 9.17) is 10.2 Å². The van der Waals surface area contributed by atoms with Crippen LogP contribution in [0, 0.1) is 18.8 Å². The van der Waals surface area contributed by atoms with Gasteiger partial charge >= 0.3 is 6.01 Å². The number of aryl methyl sites for hydroxylation is 1. The first kappa shape index (κ1) is 12.8. The molecule has 2 aromatic heterocycles. The first-order valence-corrected chi connectivity index (χ1v) is 5.56. The molecule has 3 N–H and O–H groups in total. The number of nitrogens with one attached hydrogen (secondary N) is 1. The fraction of sp³-hybridized carbons (Fsp3) is 0.154. The lowest BCUT2D eigenvalue weighted by Crippen LogP contribution is -2.12. The molecule has 2 aromatic rings. The maximum atomic E-state index is 11.9. The molecule has 0 aliphatic heterocycles. The lowest BCUT2D eigenvalue weighted by atomic mass is 10.2. The molecule has 0 spiro atoms. The Morgan fingerprint density at radius 2 is 2.37 bits per heavy atom. The number of hydrogen-bond donors (Lipinski definition) is 2. The minimum Gasteiger partial charge on any atom is -0.432 e. The zero-order valence-electron chi connectivity index (χ0n) is 10.3. The topological polar surface area (TPSA) is 94.0 Å². The van der Waals surface area contributed by atoms with E-state index >= 15 is 0 Å². The van der Waals surface area contributed by atoms with E-state index in [0.717, 1.165) is 0 Å². The summed E-state index contributed by atoms with van der Waals surface area (Å²) in [5.41, 5.74) is 6.98. The summed E-state index contributed by atoms with van der Waals surface area (Å²) in [6.07, 6.45) is 4.46. The fourth-order valence-corrected chi connectivity index (χ4v) is 1.37. The number of carbonyl (C=O) groups excluding carboxylic acids is 1. The van der Waals surface area contributed by atoms with Gasteiger partial charge < -0.3 is 10.2 Å². The van der Waals surface area contributed by atoms with Gasteiger partial charge in [-0.15, -0.1) is 0 Å². The molecule has 6 nitrogen and oxygen atoms in total. The van der Waals surface area contributed by atoms with Gasteiger partial charge in [-0.05, 0) is 13.0 Å². The number of anilines is 1. The molecular weight excluding hydrogens is 244 g/mol. The average molecular weight is 256 g/mol. The normalized spacial score (nSPS) is 9.58. The minimum atomic E-state index is -0.356. The molecule has 1 amide bonds. The first-order valence-electron chi connectivity index (χ1n) is 5.56. The molecule has 0 fully saturated rings. The number of hydrogen-bond acceptors (Lipinski definition) is 5. The van der Waals surface area contributed by atoms with Crippen LogP contribution in [-0.2, 0) is 0 Å². The Morgan fingerprint density at radius 1 is 1.53 bits per heavy atom. The fourth-order valence-electron chi connectivity index (χ4n) is 1.37. The van der Waals surface area contributed by atoms with Crippen LogP contribution in [0.1, 0.15) is 21.6 Å². The second-order valence-corrected chi connectivity index (χ2v) is 3.72. The SMILES string of the molecule is Cc1coc(NC(=O)c2cncc(C#CCN)c2)n1. The van der Waals surface area contributed by atoms with E-state index < -0.39 is 0 Å². The third-order valence-electron chi connectivity index (χ3n) is 2.17. The van der Waals surface area contributed by atoms with Crippen molar-refractivity contribution in [1.82, 2.24) is 9.97 Å². The van der Waals surface area contributed by atoms with Crippen LogP contribution in [0.25, 0.3) is 0 Å². The summed E-state index contributed by atoms with van der Waals surface area (Å²) in [4.78, 5) is 19.9. The van der Waals surface area contributed by atoms with Crippen LogP contribution >= 0.6 is 0 Å². The van der Waals surface area contributed by atoms with E-state index in [9.17, 15) is 4.79 Å². The van der Waals surface area contributed by atoms with Crippen LogP contribution in [0.4, 0.5) is 6.01 Å². The number of pyridine rings is 1. The second kappa shape index (κ2) is 5.80. The lowest BCUT2D eigenvalue weighted by Gasteiger charge is -2.00. The molecule has 6 heteroatoms. The Morgan fingerprint density at radius 3 is 3.05 bits per heavy atom. The quantitative estimate of drug-likeness (QED) is 0.780. The highest BCUT2D eigenvalue weighted by molar-refractivity contribution is 6.03. The standard InChI is InChI=1S/C13H12N4O2/c1-9-8-19-13(16-9)17-12(18)11-5-10(3-2-4-14)6-15-7-11/h5-8H,4,14H2,1H3,(H,16,17,18). The van der Waals surface area contributed by atoms with E-state index in [2.05, 4.69) is 27.1 Å². The van der Waals surface area contributed by atoms with E-state index in [1.54, 1.807) is 19.2 Å². The molecule has 0 saturated carbocycles. The van der Waals surface area contributed by atoms with Gasteiger partial charge in [-0.1, -0.05) is 11.8 Å². The molecule has 0 aliphatic rings. The summed E-state index contributed by atoms with van der Waals surface area (Å²) < 4.78 is 5.04. The summed E-state index contributed by atoms with van der Waals surface area (Å²) in [6, 6.07) is 1.78. The van der Waals surface area contributed by atoms with Gasteiger partial charge in [0.05, 0.1) is 17.8 Å². The van der Waals surface area contributed by atoms with Crippen LogP contribution in [0.15, 0.2) is 29.1 Å². The number of aromatic nitrogens is 2. The molecular formula is C13H12N4O2. The largest absolute Gasteiger partial charge is 0.432 e. The highest BCUT2D eigenvalue weighted by Crippen LogP contribution is 2.09. The predicted molar refractivity (Wildman–Crippen MR) is 69.4 cm³/mol. The lowest BCUT2D eigenvalue weighted by molar-refractivity contribution is 0.102.